The highest BCUT2D eigenvalue weighted by Crippen LogP contribution is 2.40. The van der Waals surface area contributed by atoms with Crippen LogP contribution < -0.4 is 0 Å². The van der Waals surface area contributed by atoms with E-state index in [0.29, 0.717) is 5.56 Å². The summed E-state index contributed by atoms with van der Waals surface area (Å²) in [6.45, 7) is 0. The minimum atomic E-state index is -4.68. The fourth-order valence-corrected chi connectivity index (χ4v) is 6.68. The van der Waals surface area contributed by atoms with Crippen molar-refractivity contribution in [3.8, 4) is 0 Å². The SMILES string of the molecule is CSCc1ccccc1.ClCCl.O=S(=O)(c1ccccc1)C(F)(F)SCc1ccccc1.O=S(=O)(c1ccccc1)C(F)F. The third kappa shape index (κ3) is 13.8. The molecule has 0 aliphatic carbocycles. The molecular formula is C30H30Cl2F4O4S4. The Labute approximate surface area is 275 Å². The zero-order valence-corrected chi connectivity index (χ0v) is 28.1. The Kier molecular flexibility index (Phi) is 18.8. The van der Waals surface area contributed by atoms with Gasteiger partial charge in [-0.3, -0.25) is 0 Å². The first-order valence-electron chi connectivity index (χ1n) is 12.4. The predicted molar refractivity (Wildman–Crippen MR) is 176 cm³/mol. The molecule has 44 heavy (non-hydrogen) atoms. The van der Waals surface area contributed by atoms with Gasteiger partial charge < -0.3 is 0 Å². The number of thioether (sulfide) groups is 2. The van der Waals surface area contributed by atoms with Gasteiger partial charge in [0.25, 0.3) is 9.84 Å². The lowest BCUT2D eigenvalue weighted by atomic mass is 10.2. The van der Waals surface area contributed by atoms with E-state index in [1.165, 1.54) is 42.0 Å². The van der Waals surface area contributed by atoms with E-state index in [1.54, 1.807) is 42.5 Å². The summed E-state index contributed by atoms with van der Waals surface area (Å²) in [6, 6.07) is 32.5. The Bertz CT molecular complexity index is 1540. The molecule has 0 saturated carbocycles. The van der Waals surface area contributed by atoms with Crippen LogP contribution in [0.3, 0.4) is 0 Å². The van der Waals surface area contributed by atoms with Gasteiger partial charge in [-0.15, -0.1) is 23.2 Å². The van der Waals surface area contributed by atoms with Gasteiger partial charge in [-0.1, -0.05) is 109 Å². The fraction of sp³-hybridized carbons (Fsp3) is 0.200. The third-order valence-corrected chi connectivity index (χ3v) is 10.4. The van der Waals surface area contributed by atoms with Crippen LogP contribution in [0.2, 0.25) is 0 Å². The standard InChI is InChI=1S/C14H12F2O2S2.C8H10S.C7H6F2O2S.CH2Cl2/c15-14(16,19-11-12-7-3-1-4-8-12)20(17,18)13-9-5-2-6-10-13;1-9-7-8-5-3-2-4-6-8;8-7(9)12(10,11)6-4-2-1-3-5-6;2-1-3/h1-10H,11H2;2-6H,7H2,1H3;1-5,7H;1H2. The summed E-state index contributed by atoms with van der Waals surface area (Å²) in [5.41, 5.74) is 2.06. The number of alkyl halides is 6. The van der Waals surface area contributed by atoms with Gasteiger partial charge in [0.15, 0.2) is 0 Å². The number of halogens is 6. The van der Waals surface area contributed by atoms with Crippen molar-refractivity contribution in [3.63, 3.8) is 0 Å². The smallest absolute Gasteiger partial charge is 0.218 e. The number of hydrogen-bond donors (Lipinski definition) is 0. The third-order valence-electron chi connectivity index (χ3n) is 5.08. The maximum absolute atomic E-state index is 13.9. The lowest BCUT2D eigenvalue weighted by molar-refractivity contribution is 0.195. The Hall–Kier alpha value is -2.22. The molecule has 0 unspecified atom stereocenters. The molecule has 0 aromatic heterocycles. The molecule has 0 amide bonds. The summed E-state index contributed by atoms with van der Waals surface area (Å²) in [5.74, 6) is -2.29. The van der Waals surface area contributed by atoms with Crippen molar-refractivity contribution in [1.82, 2.24) is 0 Å². The van der Waals surface area contributed by atoms with E-state index in [0.717, 1.165) is 17.9 Å². The molecule has 0 radical (unpaired) electrons. The highest BCUT2D eigenvalue weighted by molar-refractivity contribution is 8.13. The van der Waals surface area contributed by atoms with Crippen LogP contribution in [0, 0.1) is 0 Å². The molecule has 4 rings (SSSR count). The summed E-state index contributed by atoms with van der Waals surface area (Å²) >= 11 is 11.5. The van der Waals surface area contributed by atoms with Crippen molar-refractivity contribution < 1.29 is 34.4 Å². The van der Waals surface area contributed by atoms with Gasteiger partial charge >= 0.3 is 10.3 Å². The van der Waals surface area contributed by atoms with Crippen LogP contribution in [0.5, 0.6) is 0 Å². The largest absolute Gasteiger partial charge is 0.397 e. The van der Waals surface area contributed by atoms with E-state index in [1.807, 2.05) is 17.8 Å². The first kappa shape index (κ1) is 39.8. The summed E-state index contributed by atoms with van der Waals surface area (Å²) in [6.07, 6.45) is 2.12. The second kappa shape index (κ2) is 20.7. The molecule has 0 N–H and O–H groups in total. The van der Waals surface area contributed by atoms with Crippen LogP contribution in [-0.4, -0.2) is 38.8 Å². The maximum Gasteiger partial charge on any atom is 0.397 e. The first-order chi connectivity index (χ1) is 20.8. The fourth-order valence-electron chi connectivity index (χ4n) is 3.01. The van der Waals surface area contributed by atoms with Crippen molar-refractivity contribution in [1.29, 1.82) is 0 Å². The van der Waals surface area contributed by atoms with E-state index < -0.39 is 30.0 Å². The monoisotopic (exact) mass is 728 g/mol. The molecule has 240 valence electrons. The molecule has 0 atom stereocenters. The molecule has 4 nitrogen and oxygen atoms in total. The van der Waals surface area contributed by atoms with Crippen LogP contribution >= 0.6 is 46.7 Å². The van der Waals surface area contributed by atoms with Gasteiger partial charge in [-0.2, -0.15) is 29.3 Å². The summed E-state index contributed by atoms with van der Waals surface area (Å²) in [4.78, 5) is -0.717. The van der Waals surface area contributed by atoms with Crippen molar-refractivity contribution in [2.45, 2.75) is 31.6 Å². The summed E-state index contributed by atoms with van der Waals surface area (Å²) in [5, 5.41) is 0.194. The van der Waals surface area contributed by atoms with Gasteiger partial charge in [0.1, 0.15) is 0 Å². The Balaban J connectivity index is 0.000000342. The minimum Gasteiger partial charge on any atom is -0.218 e. The van der Waals surface area contributed by atoms with Gasteiger partial charge in [0.05, 0.1) is 15.1 Å². The molecule has 0 aliphatic heterocycles. The average molecular weight is 730 g/mol. The van der Waals surface area contributed by atoms with Crippen LogP contribution in [0.25, 0.3) is 0 Å². The summed E-state index contributed by atoms with van der Waals surface area (Å²) < 4.78 is 93.2. The normalized spacial score (nSPS) is 11.2. The van der Waals surface area contributed by atoms with Crippen LogP contribution in [0.4, 0.5) is 17.6 Å². The van der Waals surface area contributed by atoms with Gasteiger partial charge in [0.2, 0.25) is 9.84 Å². The molecule has 14 heteroatoms. The molecule has 4 aromatic rings. The number of sulfone groups is 2. The Morgan fingerprint density at radius 1 is 0.636 bits per heavy atom. The highest BCUT2D eigenvalue weighted by atomic mass is 35.5. The average Bonchev–Trinajstić information content (AvgIpc) is 3.03. The first-order valence-corrected chi connectivity index (χ1v) is 18.9. The molecule has 0 bridgehead atoms. The maximum atomic E-state index is 13.9. The van der Waals surface area contributed by atoms with Crippen LogP contribution in [-0.2, 0) is 31.2 Å². The van der Waals surface area contributed by atoms with Crippen LogP contribution in [0.1, 0.15) is 11.1 Å². The van der Waals surface area contributed by atoms with Crippen molar-refractivity contribution in [2.75, 3.05) is 11.6 Å². The zero-order chi connectivity index (χ0) is 33.1. The lowest BCUT2D eigenvalue weighted by Gasteiger charge is -2.16. The van der Waals surface area contributed by atoms with E-state index in [-0.39, 0.29) is 32.6 Å². The highest BCUT2D eigenvalue weighted by Gasteiger charge is 2.46. The quantitative estimate of drug-likeness (QED) is 0.126. The number of rotatable bonds is 9. The number of hydrogen-bond acceptors (Lipinski definition) is 6. The number of benzene rings is 4. The van der Waals surface area contributed by atoms with Crippen molar-refractivity contribution in [3.05, 3.63) is 132 Å². The summed E-state index contributed by atoms with van der Waals surface area (Å²) in [7, 11) is -9.09. The van der Waals surface area contributed by atoms with E-state index in [9.17, 15) is 34.4 Å². The molecule has 0 saturated heterocycles. The predicted octanol–water partition coefficient (Wildman–Crippen LogP) is 9.60. The van der Waals surface area contributed by atoms with Gasteiger partial charge in [-0.25, -0.2) is 16.8 Å². The second-order valence-electron chi connectivity index (χ2n) is 8.19. The van der Waals surface area contributed by atoms with E-state index in [4.69, 9.17) is 23.2 Å². The van der Waals surface area contributed by atoms with E-state index in [2.05, 4.69) is 30.5 Å². The molecule has 4 aromatic carbocycles. The Morgan fingerprint density at radius 3 is 1.34 bits per heavy atom. The minimum absolute atomic E-state index is 0.0695. The lowest BCUT2D eigenvalue weighted by Crippen LogP contribution is -2.25. The molecule has 0 aliphatic rings. The van der Waals surface area contributed by atoms with E-state index >= 15 is 0 Å². The Morgan fingerprint density at radius 2 is 0.977 bits per heavy atom. The molecule has 0 heterocycles. The zero-order valence-electron chi connectivity index (χ0n) is 23.3. The van der Waals surface area contributed by atoms with Gasteiger partial charge in [-0.05, 0) is 41.6 Å². The topological polar surface area (TPSA) is 68.3 Å². The van der Waals surface area contributed by atoms with Crippen molar-refractivity contribution in [2.24, 2.45) is 0 Å². The second-order valence-corrected chi connectivity index (χ2v) is 15.1. The van der Waals surface area contributed by atoms with Crippen molar-refractivity contribution >= 4 is 66.4 Å². The molecule has 0 fully saturated rings. The van der Waals surface area contributed by atoms with Crippen LogP contribution in [0.15, 0.2) is 131 Å². The molecule has 0 spiro atoms. The molecular weight excluding hydrogens is 699 g/mol. The van der Waals surface area contributed by atoms with Gasteiger partial charge in [0, 0.05) is 11.5 Å².